The molecule has 0 saturated heterocycles. The Morgan fingerprint density at radius 2 is 1.92 bits per heavy atom. The number of rotatable bonds is 7. The van der Waals surface area contributed by atoms with Crippen LogP contribution >= 0.6 is 0 Å². The van der Waals surface area contributed by atoms with Gasteiger partial charge in [-0.2, -0.15) is 0 Å². The number of amides is 1. The predicted molar refractivity (Wildman–Crippen MR) is 96.3 cm³/mol. The van der Waals surface area contributed by atoms with Crippen molar-refractivity contribution in [3.8, 4) is 5.75 Å². The van der Waals surface area contributed by atoms with Gasteiger partial charge in [0.05, 0.1) is 0 Å². The Balaban J connectivity index is 1.44. The molecule has 0 unspecified atom stereocenters. The Bertz CT molecular complexity index is 806. The first kappa shape index (κ1) is 16.1. The lowest BCUT2D eigenvalue weighted by molar-refractivity contribution is -0.123. The fourth-order valence-corrected chi connectivity index (χ4v) is 2.70. The zero-order chi connectivity index (χ0) is 16.8. The van der Waals surface area contributed by atoms with E-state index in [1.165, 1.54) is 16.5 Å². The third-order valence-corrected chi connectivity index (χ3v) is 4.09. The molecule has 0 fully saturated rings. The lowest BCUT2D eigenvalue weighted by atomic mass is 10.1. The average Bonchev–Trinajstić information content (AvgIpc) is 3.04. The molecule has 4 nitrogen and oxygen atoms in total. The number of ether oxygens (including phenoxy) is 1. The average molecular weight is 322 g/mol. The summed E-state index contributed by atoms with van der Waals surface area (Å²) in [5, 5.41) is 4.11. The third kappa shape index (κ3) is 3.96. The molecule has 1 heterocycles. The number of benzene rings is 2. The van der Waals surface area contributed by atoms with Crippen LogP contribution in [0.3, 0.4) is 0 Å². The number of aromatic amines is 1. The molecule has 3 aromatic rings. The number of carbonyl (C=O) groups excluding carboxylic acids is 1. The van der Waals surface area contributed by atoms with Crippen molar-refractivity contribution in [3.63, 3.8) is 0 Å². The van der Waals surface area contributed by atoms with Gasteiger partial charge in [0.1, 0.15) is 5.75 Å². The molecule has 0 atom stereocenters. The molecule has 1 aromatic heterocycles. The molecular weight excluding hydrogens is 300 g/mol. The summed E-state index contributed by atoms with van der Waals surface area (Å²) < 4.78 is 5.51. The molecule has 2 N–H and O–H groups in total. The van der Waals surface area contributed by atoms with E-state index in [4.69, 9.17) is 4.74 Å². The SMILES string of the molecule is CCc1ccc(OCC(=O)NCCc2c[nH]c3ccccc23)cc1. The standard InChI is InChI=1S/C20H22N2O2/c1-2-15-7-9-17(10-8-15)24-14-20(23)21-12-11-16-13-22-19-6-4-3-5-18(16)19/h3-10,13,22H,2,11-12,14H2,1H3,(H,21,23). The van der Waals surface area contributed by atoms with Crippen LogP contribution in [0.25, 0.3) is 10.9 Å². The lowest BCUT2D eigenvalue weighted by Crippen LogP contribution is -2.30. The Morgan fingerprint density at radius 3 is 2.71 bits per heavy atom. The van der Waals surface area contributed by atoms with Crippen molar-refractivity contribution in [2.75, 3.05) is 13.2 Å². The van der Waals surface area contributed by atoms with Gasteiger partial charge in [-0.3, -0.25) is 4.79 Å². The lowest BCUT2D eigenvalue weighted by Gasteiger charge is -2.08. The molecule has 0 radical (unpaired) electrons. The van der Waals surface area contributed by atoms with Gasteiger partial charge < -0.3 is 15.0 Å². The molecule has 1 amide bonds. The van der Waals surface area contributed by atoms with Crippen molar-refractivity contribution < 1.29 is 9.53 Å². The highest BCUT2D eigenvalue weighted by molar-refractivity contribution is 5.83. The molecule has 2 aromatic carbocycles. The number of para-hydroxylation sites is 1. The maximum atomic E-state index is 11.9. The summed E-state index contributed by atoms with van der Waals surface area (Å²) in [7, 11) is 0. The minimum absolute atomic E-state index is 0.0410. The van der Waals surface area contributed by atoms with E-state index in [2.05, 4.69) is 29.4 Å². The van der Waals surface area contributed by atoms with Gasteiger partial charge >= 0.3 is 0 Å². The second-order valence-corrected chi connectivity index (χ2v) is 5.75. The van der Waals surface area contributed by atoms with Gasteiger partial charge in [0.2, 0.25) is 0 Å². The first-order valence-corrected chi connectivity index (χ1v) is 8.29. The summed E-state index contributed by atoms with van der Waals surface area (Å²) in [4.78, 5) is 15.1. The molecule has 0 saturated carbocycles. The normalized spacial score (nSPS) is 10.7. The van der Waals surface area contributed by atoms with E-state index >= 15 is 0 Å². The number of H-pyrrole nitrogens is 1. The highest BCUT2D eigenvalue weighted by Gasteiger charge is 2.05. The minimum Gasteiger partial charge on any atom is -0.484 e. The van der Waals surface area contributed by atoms with Crippen LogP contribution in [-0.2, 0) is 17.6 Å². The minimum atomic E-state index is -0.102. The molecule has 4 heteroatoms. The Kier molecular flexibility index (Phi) is 5.16. The van der Waals surface area contributed by atoms with Crippen LogP contribution in [0.15, 0.2) is 54.7 Å². The van der Waals surface area contributed by atoms with E-state index in [9.17, 15) is 4.79 Å². The second-order valence-electron chi connectivity index (χ2n) is 5.75. The first-order valence-electron chi connectivity index (χ1n) is 8.29. The number of nitrogens with one attached hydrogen (secondary N) is 2. The second kappa shape index (κ2) is 7.68. The summed E-state index contributed by atoms with van der Waals surface area (Å²) in [5.41, 5.74) is 3.59. The summed E-state index contributed by atoms with van der Waals surface area (Å²) in [6, 6.07) is 16.0. The van der Waals surface area contributed by atoms with Gasteiger partial charge in [-0.25, -0.2) is 0 Å². The maximum Gasteiger partial charge on any atom is 0.257 e. The van der Waals surface area contributed by atoms with Crippen molar-refractivity contribution in [2.24, 2.45) is 0 Å². The predicted octanol–water partition coefficient (Wildman–Crippen LogP) is 3.47. The number of hydrogen-bond donors (Lipinski definition) is 2. The summed E-state index contributed by atoms with van der Waals surface area (Å²) >= 11 is 0. The van der Waals surface area contributed by atoms with Crippen molar-refractivity contribution in [1.29, 1.82) is 0 Å². The fourth-order valence-electron chi connectivity index (χ4n) is 2.70. The van der Waals surface area contributed by atoms with Crippen LogP contribution in [0.1, 0.15) is 18.1 Å². The van der Waals surface area contributed by atoms with Crippen LogP contribution in [0, 0.1) is 0 Å². The molecule has 0 bridgehead atoms. The molecule has 124 valence electrons. The zero-order valence-corrected chi connectivity index (χ0v) is 13.8. The molecule has 0 aliphatic heterocycles. The third-order valence-electron chi connectivity index (χ3n) is 4.09. The summed E-state index contributed by atoms with van der Waals surface area (Å²) in [6.07, 6.45) is 3.79. The van der Waals surface area contributed by atoms with Gasteiger partial charge in [0.15, 0.2) is 6.61 Å². The zero-order valence-electron chi connectivity index (χ0n) is 13.8. The number of hydrogen-bond acceptors (Lipinski definition) is 2. The Hall–Kier alpha value is -2.75. The van der Waals surface area contributed by atoms with Gasteiger partial charge in [-0.1, -0.05) is 37.3 Å². The van der Waals surface area contributed by atoms with Crippen LogP contribution in [0.2, 0.25) is 0 Å². The molecule has 24 heavy (non-hydrogen) atoms. The van der Waals surface area contributed by atoms with Gasteiger partial charge in [0.25, 0.3) is 5.91 Å². The number of aryl methyl sites for hydroxylation is 1. The van der Waals surface area contributed by atoms with Crippen molar-refractivity contribution >= 4 is 16.8 Å². The van der Waals surface area contributed by atoms with E-state index in [-0.39, 0.29) is 12.5 Å². The molecule has 3 rings (SSSR count). The smallest absolute Gasteiger partial charge is 0.257 e. The van der Waals surface area contributed by atoms with Crippen LogP contribution in [0.4, 0.5) is 0 Å². The molecule has 0 aliphatic rings. The highest BCUT2D eigenvalue weighted by atomic mass is 16.5. The molecule has 0 spiro atoms. The van der Waals surface area contributed by atoms with Gasteiger partial charge in [-0.15, -0.1) is 0 Å². The van der Waals surface area contributed by atoms with E-state index in [0.717, 1.165) is 24.1 Å². The molecule has 0 aliphatic carbocycles. The van der Waals surface area contributed by atoms with E-state index in [0.29, 0.717) is 6.54 Å². The Morgan fingerprint density at radius 1 is 1.12 bits per heavy atom. The van der Waals surface area contributed by atoms with Gasteiger partial charge in [-0.05, 0) is 42.2 Å². The van der Waals surface area contributed by atoms with Crippen LogP contribution < -0.4 is 10.1 Å². The number of aromatic nitrogens is 1. The highest BCUT2D eigenvalue weighted by Crippen LogP contribution is 2.17. The van der Waals surface area contributed by atoms with Gasteiger partial charge in [0, 0.05) is 23.6 Å². The summed E-state index contributed by atoms with van der Waals surface area (Å²) in [6.45, 7) is 2.75. The number of carbonyl (C=O) groups is 1. The first-order chi connectivity index (χ1) is 11.8. The Labute approximate surface area is 141 Å². The van der Waals surface area contributed by atoms with E-state index in [1.54, 1.807) is 0 Å². The topological polar surface area (TPSA) is 54.1 Å². The van der Waals surface area contributed by atoms with E-state index in [1.807, 2.05) is 42.6 Å². The van der Waals surface area contributed by atoms with Crippen LogP contribution in [-0.4, -0.2) is 24.0 Å². The van der Waals surface area contributed by atoms with E-state index < -0.39 is 0 Å². The van der Waals surface area contributed by atoms with Crippen LogP contribution in [0.5, 0.6) is 5.75 Å². The van der Waals surface area contributed by atoms with Crippen molar-refractivity contribution in [3.05, 3.63) is 65.9 Å². The molecular formula is C20H22N2O2. The number of fused-ring (bicyclic) bond motifs is 1. The largest absolute Gasteiger partial charge is 0.484 e. The van der Waals surface area contributed by atoms with Crippen molar-refractivity contribution in [1.82, 2.24) is 10.3 Å². The monoisotopic (exact) mass is 322 g/mol. The quantitative estimate of drug-likeness (QED) is 0.700. The maximum absolute atomic E-state index is 11.9. The summed E-state index contributed by atoms with van der Waals surface area (Å²) in [5.74, 6) is 0.619. The van der Waals surface area contributed by atoms with Crippen molar-refractivity contribution in [2.45, 2.75) is 19.8 Å². The fraction of sp³-hybridized carbons (Fsp3) is 0.250.